The van der Waals surface area contributed by atoms with Crippen LogP contribution in [0.25, 0.3) is 0 Å². The molecule has 5 nitrogen and oxygen atoms in total. The molecule has 2 aromatic rings. The normalized spacial score (nSPS) is 10.3. The van der Waals surface area contributed by atoms with Crippen LogP contribution in [-0.2, 0) is 11.8 Å². The van der Waals surface area contributed by atoms with Crippen molar-refractivity contribution in [2.75, 3.05) is 12.4 Å². The number of esters is 1. The molecule has 1 aromatic carbocycles. The van der Waals surface area contributed by atoms with E-state index in [-0.39, 0.29) is 5.69 Å². The van der Waals surface area contributed by atoms with Crippen LogP contribution < -0.4 is 5.32 Å². The minimum atomic E-state index is -1.26. The van der Waals surface area contributed by atoms with Gasteiger partial charge in [0.2, 0.25) is 0 Å². The number of hydrogen-bond acceptors (Lipinski definition) is 4. The average molecular weight is 267 g/mol. The van der Waals surface area contributed by atoms with E-state index in [0.29, 0.717) is 5.82 Å². The molecule has 0 fully saturated rings. The highest BCUT2D eigenvalue weighted by molar-refractivity contribution is 5.90. The Hall–Kier alpha value is -2.44. The van der Waals surface area contributed by atoms with Crippen LogP contribution in [-0.4, -0.2) is 22.9 Å². The number of hydrogen-bond donors (Lipinski definition) is 1. The first-order valence-electron chi connectivity index (χ1n) is 5.36. The van der Waals surface area contributed by atoms with Crippen molar-refractivity contribution in [3.63, 3.8) is 0 Å². The molecule has 0 aliphatic heterocycles. The van der Waals surface area contributed by atoms with E-state index < -0.39 is 23.2 Å². The second-order valence-corrected chi connectivity index (χ2v) is 3.78. The van der Waals surface area contributed by atoms with E-state index in [1.54, 1.807) is 19.3 Å². The summed E-state index contributed by atoms with van der Waals surface area (Å²) in [5.41, 5.74) is -0.560. The molecule has 0 aliphatic carbocycles. The van der Waals surface area contributed by atoms with E-state index in [0.717, 1.165) is 13.2 Å². The van der Waals surface area contributed by atoms with Gasteiger partial charge in [0.1, 0.15) is 0 Å². The Kier molecular flexibility index (Phi) is 3.46. The van der Waals surface area contributed by atoms with Crippen molar-refractivity contribution in [1.29, 1.82) is 0 Å². The molecule has 0 atom stereocenters. The van der Waals surface area contributed by atoms with Gasteiger partial charge in [0, 0.05) is 19.3 Å². The Morgan fingerprint density at radius 1 is 1.32 bits per heavy atom. The van der Waals surface area contributed by atoms with Gasteiger partial charge in [-0.1, -0.05) is 0 Å². The largest absolute Gasteiger partial charge is 0.465 e. The Bertz CT molecular complexity index is 625. The highest BCUT2D eigenvalue weighted by atomic mass is 19.2. The fraction of sp³-hybridized carbons (Fsp3) is 0.167. The van der Waals surface area contributed by atoms with Crippen molar-refractivity contribution in [2.24, 2.45) is 7.05 Å². The van der Waals surface area contributed by atoms with Crippen molar-refractivity contribution in [3.05, 3.63) is 41.6 Å². The lowest BCUT2D eigenvalue weighted by Gasteiger charge is -2.08. The van der Waals surface area contributed by atoms with Crippen LogP contribution in [0.15, 0.2) is 24.4 Å². The molecule has 19 heavy (non-hydrogen) atoms. The zero-order valence-electron chi connectivity index (χ0n) is 10.3. The molecule has 0 amide bonds. The molecule has 1 heterocycles. The minimum Gasteiger partial charge on any atom is -0.465 e. The number of nitrogens with zero attached hydrogens (tertiary/aromatic N) is 2. The number of carbonyl (C=O) groups excluding carboxylic acids is 1. The molecule has 0 spiro atoms. The molecule has 100 valence electrons. The minimum absolute atomic E-state index is 0.108. The van der Waals surface area contributed by atoms with Gasteiger partial charge >= 0.3 is 5.97 Å². The molecule has 0 radical (unpaired) electrons. The summed E-state index contributed by atoms with van der Waals surface area (Å²) in [5.74, 6) is -2.98. The number of nitrogens with one attached hydrogen (secondary N) is 1. The summed E-state index contributed by atoms with van der Waals surface area (Å²) in [6, 6.07) is 4.00. The molecular formula is C12H11F2N3O2. The average Bonchev–Trinajstić information content (AvgIpc) is 2.80. The molecule has 1 N–H and O–H groups in total. The van der Waals surface area contributed by atoms with Gasteiger partial charge in [0.05, 0.1) is 18.4 Å². The topological polar surface area (TPSA) is 56.1 Å². The number of halogens is 2. The van der Waals surface area contributed by atoms with Gasteiger partial charge in [0.15, 0.2) is 17.5 Å². The van der Waals surface area contributed by atoms with Crippen molar-refractivity contribution in [3.8, 4) is 0 Å². The first-order valence-corrected chi connectivity index (χ1v) is 5.36. The summed E-state index contributed by atoms with van der Waals surface area (Å²) in [7, 11) is 2.79. The van der Waals surface area contributed by atoms with E-state index in [2.05, 4.69) is 15.2 Å². The Balaban J connectivity index is 2.33. The Morgan fingerprint density at radius 3 is 2.63 bits per heavy atom. The van der Waals surface area contributed by atoms with Crippen LogP contribution >= 0.6 is 0 Å². The lowest BCUT2D eigenvalue weighted by Crippen LogP contribution is -2.08. The van der Waals surface area contributed by atoms with Crippen LogP contribution in [0, 0.1) is 11.6 Å². The Labute approximate surface area is 107 Å². The summed E-state index contributed by atoms with van der Waals surface area (Å²) >= 11 is 0. The van der Waals surface area contributed by atoms with Gasteiger partial charge in [0.25, 0.3) is 0 Å². The van der Waals surface area contributed by atoms with Crippen LogP contribution in [0.4, 0.5) is 20.3 Å². The highest BCUT2D eigenvalue weighted by Gasteiger charge is 2.19. The van der Waals surface area contributed by atoms with Gasteiger partial charge in [-0.15, -0.1) is 0 Å². The maximum Gasteiger partial charge on any atom is 0.340 e. The number of aryl methyl sites for hydroxylation is 1. The fourth-order valence-corrected chi connectivity index (χ4v) is 1.53. The third-order valence-electron chi connectivity index (χ3n) is 2.46. The number of methoxy groups -OCH3 is 1. The molecule has 0 aliphatic rings. The van der Waals surface area contributed by atoms with E-state index in [4.69, 9.17) is 0 Å². The second-order valence-electron chi connectivity index (χ2n) is 3.78. The zero-order valence-corrected chi connectivity index (χ0v) is 10.3. The third kappa shape index (κ3) is 2.54. The number of ether oxygens (including phenoxy) is 1. The van der Waals surface area contributed by atoms with Crippen molar-refractivity contribution >= 4 is 17.5 Å². The molecule has 1 aromatic heterocycles. The first-order chi connectivity index (χ1) is 9.02. The zero-order chi connectivity index (χ0) is 14.0. The predicted molar refractivity (Wildman–Crippen MR) is 64.2 cm³/mol. The molecule has 0 bridgehead atoms. The van der Waals surface area contributed by atoms with Gasteiger partial charge in [-0.3, -0.25) is 4.68 Å². The molecule has 0 saturated carbocycles. The van der Waals surface area contributed by atoms with Gasteiger partial charge in [-0.25, -0.2) is 13.6 Å². The lowest BCUT2D eigenvalue weighted by atomic mass is 10.2. The number of rotatable bonds is 3. The molecule has 2 rings (SSSR count). The summed E-state index contributed by atoms with van der Waals surface area (Å²) in [6.07, 6.45) is 1.65. The van der Waals surface area contributed by atoms with Crippen molar-refractivity contribution < 1.29 is 18.3 Å². The van der Waals surface area contributed by atoms with Crippen molar-refractivity contribution in [2.45, 2.75) is 0 Å². The van der Waals surface area contributed by atoms with Crippen LogP contribution in [0.2, 0.25) is 0 Å². The quantitative estimate of drug-likeness (QED) is 0.866. The molecular weight excluding hydrogens is 256 g/mol. The fourth-order valence-electron chi connectivity index (χ4n) is 1.53. The molecule has 0 unspecified atom stereocenters. The maximum absolute atomic E-state index is 13.8. The monoisotopic (exact) mass is 267 g/mol. The molecule has 0 saturated heterocycles. The predicted octanol–water partition coefficient (Wildman–Crippen LogP) is 2.23. The van der Waals surface area contributed by atoms with E-state index >= 15 is 0 Å². The number of aromatic nitrogens is 2. The number of carbonyl (C=O) groups is 1. The van der Waals surface area contributed by atoms with Gasteiger partial charge < -0.3 is 10.1 Å². The SMILES string of the molecule is COC(=O)c1ccc(Nc2ccn(C)n2)c(F)c1F. The lowest BCUT2D eigenvalue weighted by molar-refractivity contribution is 0.0594. The standard InChI is InChI=1S/C12H11F2N3O2/c1-17-6-5-9(16-17)15-8-4-3-7(12(18)19-2)10(13)11(8)14/h3-6H,1-2H3,(H,15,16). The van der Waals surface area contributed by atoms with Gasteiger partial charge in [-0.2, -0.15) is 5.10 Å². The number of anilines is 2. The van der Waals surface area contributed by atoms with Crippen LogP contribution in [0.5, 0.6) is 0 Å². The summed E-state index contributed by atoms with van der Waals surface area (Å²) in [6.45, 7) is 0. The van der Waals surface area contributed by atoms with Crippen LogP contribution in [0.3, 0.4) is 0 Å². The highest BCUT2D eigenvalue weighted by Crippen LogP contribution is 2.23. The van der Waals surface area contributed by atoms with E-state index in [1.807, 2.05) is 0 Å². The van der Waals surface area contributed by atoms with Crippen LogP contribution in [0.1, 0.15) is 10.4 Å². The Morgan fingerprint density at radius 2 is 2.05 bits per heavy atom. The van der Waals surface area contributed by atoms with E-state index in [1.165, 1.54) is 10.7 Å². The first kappa shape index (κ1) is 13.0. The van der Waals surface area contributed by atoms with Crippen molar-refractivity contribution in [1.82, 2.24) is 9.78 Å². The van der Waals surface area contributed by atoms with Gasteiger partial charge in [-0.05, 0) is 12.1 Å². The summed E-state index contributed by atoms with van der Waals surface area (Å²) in [4.78, 5) is 11.2. The summed E-state index contributed by atoms with van der Waals surface area (Å²) in [5, 5.41) is 6.59. The smallest absolute Gasteiger partial charge is 0.340 e. The second kappa shape index (κ2) is 5.05. The third-order valence-corrected chi connectivity index (χ3v) is 2.46. The van der Waals surface area contributed by atoms with E-state index in [9.17, 15) is 13.6 Å². The number of benzene rings is 1. The maximum atomic E-state index is 13.8. The summed E-state index contributed by atoms with van der Waals surface area (Å²) < 4.78 is 33.3. The molecule has 7 heteroatoms.